The average Bonchev–Trinajstić information content (AvgIpc) is 3.24. The van der Waals surface area contributed by atoms with E-state index in [2.05, 4.69) is 31.5 Å². The summed E-state index contributed by atoms with van der Waals surface area (Å²) >= 11 is 0. The van der Waals surface area contributed by atoms with Crippen molar-refractivity contribution < 1.29 is 4.79 Å². The number of hydrogen-bond donors (Lipinski definition) is 2. The van der Waals surface area contributed by atoms with Gasteiger partial charge in [0, 0.05) is 49.2 Å². The number of nitrogens with one attached hydrogen (secondary N) is 2. The third kappa shape index (κ3) is 4.16. The summed E-state index contributed by atoms with van der Waals surface area (Å²) in [6, 6.07) is 15.4. The van der Waals surface area contributed by atoms with Gasteiger partial charge < -0.3 is 10.2 Å². The second-order valence-electron chi connectivity index (χ2n) is 6.89. The van der Waals surface area contributed by atoms with E-state index in [1.807, 2.05) is 48.7 Å². The lowest BCUT2D eigenvalue weighted by atomic mass is 9.96. The monoisotopic (exact) mass is 361 g/mol. The van der Waals surface area contributed by atoms with Crippen LogP contribution in [0.3, 0.4) is 0 Å². The first-order chi connectivity index (χ1) is 13.3. The summed E-state index contributed by atoms with van der Waals surface area (Å²) < 4.78 is 0. The van der Waals surface area contributed by atoms with Gasteiger partial charge >= 0.3 is 0 Å². The van der Waals surface area contributed by atoms with Crippen molar-refractivity contribution in [3.8, 4) is 11.3 Å². The number of nitrogens with zero attached hydrogens (tertiary/aromatic N) is 3. The summed E-state index contributed by atoms with van der Waals surface area (Å²) in [7, 11) is 0. The first-order valence-electron chi connectivity index (χ1n) is 9.33. The third-order valence-corrected chi connectivity index (χ3v) is 5.06. The fraction of sp³-hybridized carbons (Fsp3) is 0.286. The number of amides is 1. The quantitative estimate of drug-likeness (QED) is 0.732. The highest BCUT2D eigenvalue weighted by Gasteiger charge is 2.21. The zero-order chi connectivity index (χ0) is 18.5. The zero-order valence-electron chi connectivity index (χ0n) is 15.1. The van der Waals surface area contributed by atoms with Gasteiger partial charge in [-0.25, -0.2) is 0 Å². The van der Waals surface area contributed by atoms with Crippen LogP contribution < -0.4 is 10.2 Å². The molecule has 1 amide bonds. The van der Waals surface area contributed by atoms with Gasteiger partial charge in [0.15, 0.2) is 5.82 Å². The van der Waals surface area contributed by atoms with Gasteiger partial charge in [0.1, 0.15) is 0 Å². The number of aromatic nitrogens is 3. The summed E-state index contributed by atoms with van der Waals surface area (Å²) in [5.74, 6) is 1.48. The second kappa shape index (κ2) is 8.03. The molecule has 3 heterocycles. The maximum Gasteiger partial charge on any atom is 0.251 e. The van der Waals surface area contributed by atoms with E-state index in [-0.39, 0.29) is 5.91 Å². The number of aromatic amines is 1. The van der Waals surface area contributed by atoms with Gasteiger partial charge in [0.2, 0.25) is 0 Å². The molecule has 2 N–H and O–H groups in total. The molecule has 0 unspecified atom stereocenters. The van der Waals surface area contributed by atoms with Crippen molar-refractivity contribution in [2.24, 2.45) is 5.92 Å². The highest BCUT2D eigenvalue weighted by molar-refractivity contribution is 5.94. The number of hydrogen-bond acceptors (Lipinski definition) is 4. The minimum Gasteiger partial charge on any atom is -0.355 e. The van der Waals surface area contributed by atoms with E-state index in [4.69, 9.17) is 0 Å². The molecule has 0 bridgehead atoms. The lowest BCUT2D eigenvalue weighted by molar-refractivity contribution is 0.0945. The molecular weight excluding hydrogens is 338 g/mol. The predicted octanol–water partition coefficient (Wildman–Crippen LogP) is 3.12. The number of carbonyl (C=O) groups excluding carboxylic acids is 1. The fourth-order valence-corrected chi connectivity index (χ4v) is 3.44. The maximum absolute atomic E-state index is 12.2. The van der Waals surface area contributed by atoms with E-state index in [9.17, 15) is 4.79 Å². The summed E-state index contributed by atoms with van der Waals surface area (Å²) in [6.07, 6.45) is 5.69. The van der Waals surface area contributed by atoms with Crippen LogP contribution in [0.2, 0.25) is 0 Å². The first kappa shape index (κ1) is 17.3. The molecule has 6 heteroatoms. The first-order valence-corrected chi connectivity index (χ1v) is 9.33. The molecule has 1 fully saturated rings. The number of benzene rings is 1. The van der Waals surface area contributed by atoms with Gasteiger partial charge in [0.05, 0.1) is 5.69 Å². The van der Waals surface area contributed by atoms with Gasteiger partial charge in [0.25, 0.3) is 5.91 Å². The van der Waals surface area contributed by atoms with E-state index in [1.54, 1.807) is 6.20 Å². The standard InChI is InChI=1S/C21H23N5O/c27-21(17-5-2-1-3-6-17)23-14-16-8-11-26(12-9-16)20-13-19(24-25-20)18-7-4-10-22-15-18/h1-7,10,13,15-16H,8-9,11-12,14H2,(H,23,27)(H,24,25). The highest BCUT2D eigenvalue weighted by Crippen LogP contribution is 2.25. The Labute approximate surface area is 158 Å². The molecule has 0 atom stereocenters. The lowest BCUT2D eigenvalue weighted by Gasteiger charge is -2.32. The second-order valence-corrected chi connectivity index (χ2v) is 6.89. The van der Waals surface area contributed by atoms with E-state index in [0.29, 0.717) is 5.92 Å². The van der Waals surface area contributed by atoms with Crippen LogP contribution in [0.5, 0.6) is 0 Å². The van der Waals surface area contributed by atoms with Crippen LogP contribution in [0, 0.1) is 5.92 Å². The Bertz CT molecular complexity index is 870. The molecular formula is C21H23N5O. The molecule has 0 spiro atoms. The summed E-state index contributed by atoms with van der Waals surface area (Å²) in [6.45, 7) is 2.62. The minimum absolute atomic E-state index is 0.00597. The predicted molar refractivity (Wildman–Crippen MR) is 106 cm³/mol. The number of pyridine rings is 1. The fourth-order valence-electron chi connectivity index (χ4n) is 3.44. The Morgan fingerprint density at radius 1 is 1.15 bits per heavy atom. The molecule has 4 rings (SSSR count). The maximum atomic E-state index is 12.2. The SMILES string of the molecule is O=C(NCC1CCN(c2cc(-c3cccnc3)[nH]n2)CC1)c1ccccc1. The van der Waals surface area contributed by atoms with Crippen LogP contribution in [-0.2, 0) is 0 Å². The number of anilines is 1. The zero-order valence-corrected chi connectivity index (χ0v) is 15.1. The number of piperidine rings is 1. The number of H-pyrrole nitrogens is 1. The topological polar surface area (TPSA) is 73.9 Å². The molecule has 27 heavy (non-hydrogen) atoms. The molecule has 0 aliphatic carbocycles. The number of carbonyl (C=O) groups is 1. The minimum atomic E-state index is 0.00597. The summed E-state index contributed by atoms with van der Waals surface area (Å²) in [5, 5.41) is 10.6. The van der Waals surface area contributed by atoms with Crippen molar-refractivity contribution in [3.63, 3.8) is 0 Å². The summed E-state index contributed by atoms with van der Waals surface area (Å²) in [4.78, 5) is 18.6. The van der Waals surface area contributed by atoms with Crippen LogP contribution >= 0.6 is 0 Å². The van der Waals surface area contributed by atoms with Crippen molar-refractivity contribution in [1.82, 2.24) is 20.5 Å². The van der Waals surface area contributed by atoms with Crippen LogP contribution in [0.1, 0.15) is 23.2 Å². The Morgan fingerprint density at radius 3 is 2.70 bits per heavy atom. The molecule has 2 aromatic heterocycles. The van der Waals surface area contributed by atoms with Gasteiger partial charge in [-0.2, -0.15) is 5.10 Å². The highest BCUT2D eigenvalue weighted by atomic mass is 16.1. The Kier molecular flexibility index (Phi) is 5.14. The van der Waals surface area contributed by atoms with Crippen LogP contribution in [0.25, 0.3) is 11.3 Å². The van der Waals surface area contributed by atoms with Crippen molar-refractivity contribution in [2.75, 3.05) is 24.5 Å². The molecule has 0 radical (unpaired) electrons. The lowest BCUT2D eigenvalue weighted by Crippen LogP contribution is -2.38. The van der Waals surface area contributed by atoms with Gasteiger partial charge in [-0.3, -0.25) is 14.9 Å². The van der Waals surface area contributed by atoms with Crippen molar-refractivity contribution in [1.29, 1.82) is 0 Å². The normalized spacial score (nSPS) is 14.9. The molecule has 3 aromatic rings. The van der Waals surface area contributed by atoms with Gasteiger partial charge in [-0.15, -0.1) is 0 Å². The van der Waals surface area contributed by atoms with E-state index in [0.717, 1.165) is 55.1 Å². The molecule has 1 aliphatic rings. The molecule has 6 nitrogen and oxygen atoms in total. The largest absolute Gasteiger partial charge is 0.355 e. The van der Waals surface area contributed by atoms with Crippen molar-refractivity contribution >= 4 is 11.7 Å². The Balaban J connectivity index is 1.28. The molecule has 138 valence electrons. The third-order valence-electron chi connectivity index (χ3n) is 5.06. The summed E-state index contributed by atoms with van der Waals surface area (Å²) in [5.41, 5.74) is 2.74. The Morgan fingerprint density at radius 2 is 1.96 bits per heavy atom. The molecule has 1 saturated heterocycles. The van der Waals surface area contributed by atoms with Crippen molar-refractivity contribution in [2.45, 2.75) is 12.8 Å². The Hall–Kier alpha value is -3.15. The molecule has 0 saturated carbocycles. The van der Waals surface area contributed by atoms with Crippen molar-refractivity contribution in [3.05, 3.63) is 66.5 Å². The van der Waals surface area contributed by atoms with Gasteiger partial charge in [-0.1, -0.05) is 18.2 Å². The average molecular weight is 361 g/mol. The molecule has 1 aliphatic heterocycles. The van der Waals surface area contributed by atoms with Crippen LogP contribution in [0.4, 0.5) is 5.82 Å². The van der Waals surface area contributed by atoms with E-state index >= 15 is 0 Å². The number of rotatable bonds is 5. The van der Waals surface area contributed by atoms with Crippen LogP contribution in [0.15, 0.2) is 60.9 Å². The van der Waals surface area contributed by atoms with Crippen LogP contribution in [-0.4, -0.2) is 40.7 Å². The molecule has 1 aromatic carbocycles. The van der Waals surface area contributed by atoms with E-state index < -0.39 is 0 Å². The smallest absolute Gasteiger partial charge is 0.251 e. The van der Waals surface area contributed by atoms with E-state index in [1.165, 1.54) is 0 Å². The van der Waals surface area contributed by atoms with Gasteiger partial charge in [-0.05, 0) is 43.0 Å².